The number of fused-ring (bicyclic) bond motifs is 4. The van der Waals surface area contributed by atoms with Gasteiger partial charge in [0.25, 0.3) is 5.91 Å². The summed E-state index contributed by atoms with van der Waals surface area (Å²) in [5.41, 5.74) is 0.441. The van der Waals surface area contributed by atoms with Gasteiger partial charge in [-0.3, -0.25) is 19.1 Å². The van der Waals surface area contributed by atoms with E-state index >= 15 is 0 Å². The van der Waals surface area contributed by atoms with E-state index in [1.807, 2.05) is 43.3 Å². The maximum absolute atomic E-state index is 14.0. The van der Waals surface area contributed by atoms with Gasteiger partial charge < -0.3 is 25.0 Å². The average Bonchev–Trinajstić information content (AvgIpc) is 3.96. The summed E-state index contributed by atoms with van der Waals surface area (Å²) in [5.74, 6) is -2.33. The molecule has 4 bridgehead atoms. The molecule has 2 aliphatic heterocycles. The number of carbonyl (C=O) groups excluding carboxylic acids is 4. The predicted octanol–water partition coefficient (Wildman–Crippen LogP) is 2.93. The van der Waals surface area contributed by atoms with Crippen molar-refractivity contribution in [3.63, 3.8) is 0 Å². The van der Waals surface area contributed by atoms with Crippen molar-refractivity contribution in [1.29, 1.82) is 0 Å². The molecule has 13 heteroatoms. The normalized spacial score (nSPS) is 29.4. The summed E-state index contributed by atoms with van der Waals surface area (Å²) in [4.78, 5) is 55.4. The molecular weight excluding hydrogens is 612 g/mol. The highest BCUT2D eigenvalue weighted by Gasteiger charge is 2.62. The van der Waals surface area contributed by atoms with Crippen LogP contribution in [0.25, 0.3) is 6.08 Å². The number of benzene rings is 1. The average molecular weight is 657 g/mol. The molecule has 1 saturated heterocycles. The van der Waals surface area contributed by atoms with E-state index < -0.39 is 68.7 Å². The van der Waals surface area contributed by atoms with E-state index in [-0.39, 0.29) is 32.6 Å². The first-order chi connectivity index (χ1) is 22.1. The monoisotopic (exact) mass is 656 g/mol. The Morgan fingerprint density at radius 2 is 2.04 bits per heavy atom. The van der Waals surface area contributed by atoms with Crippen LogP contribution >= 0.6 is 0 Å². The summed E-state index contributed by atoms with van der Waals surface area (Å²) in [6.45, 7) is 6.26. The van der Waals surface area contributed by atoms with Gasteiger partial charge in [0, 0.05) is 18.9 Å². The van der Waals surface area contributed by atoms with Crippen LogP contribution in [0.5, 0.6) is 0 Å². The number of carbonyl (C=O) groups is 4. The van der Waals surface area contributed by atoms with Gasteiger partial charge in [0.05, 0.1) is 24.6 Å². The molecule has 3 N–H and O–H groups in total. The van der Waals surface area contributed by atoms with Crippen LogP contribution < -0.4 is 15.4 Å². The van der Waals surface area contributed by atoms with Gasteiger partial charge >= 0.3 is 6.09 Å². The molecule has 250 valence electrons. The lowest BCUT2D eigenvalue weighted by atomic mass is 10.1. The van der Waals surface area contributed by atoms with Crippen molar-refractivity contribution >= 4 is 39.9 Å². The SMILES string of the molecule is C=CC1C[C@]1(NC(=O)[C@@H]1C[C@@H]2CN1C(=O)[C@H](CCCC)NC(=O)OCCC/C=C/c1cccc(c1)CO2)C(=O)NS(=O)(=O)C1CC1. The Hall–Kier alpha value is -3.71. The molecule has 46 heavy (non-hydrogen) atoms. The van der Waals surface area contributed by atoms with E-state index in [0.717, 1.165) is 17.5 Å². The number of sulfonamides is 1. The lowest BCUT2D eigenvalue weighted by Crippen LogP contribution is -2.58. The zero-order chi connectivity index (χ0) is 32.9. The summed E-state index contributed by atoms with van der Waals surface area (Å²) in [6.07, 6.45) is 8.72. The molecule has 4 aliphatic rings. The Kier molecular flexibility index (Phi) is 10.5. The summed E-state index contributed by atoms with van der Waals surface area (Å²) in [5, 5.41) is 4.88. The zero-order valence-electron chi connectivity index (χ0n) is 26.2. The molecule has 0 spiro atoms. The van der Waals surface area contributed by atoms with Crippen molar-refractivity contribution < 1.29 is 37.1 Å². The largest absolute Gasteiger partial charge is 0.450 e. The van der Waals surface area contributed by atoms with Crippen LogP contribution in [0, 0.1) is 5.92 Å². The second kappa shape index (κ2) is 14.4. The fourth-order valence-electron chi connectivity index (χ4n) is 6.07. The van der Waals surface area contributed by atoms with E-state index in [9.17, 15) is 27.6 Å². The molecule has 3 fully saturated rings. The Morgan fingerprint density at radius 3 is 2.76 bits per heavy atom. The van der Waals surface area contributed by atoms with E-state index in [1.165, 1.54) is 11.0 Å². The molecule has 2 aliphatic carbocycles. The van der Waals surface area contributed by atoms with Crippen LogP contribution in [0.1, 0.15) is 75.8 Å². The number of alkyl carbamates (subject to hydrolysis) is 1. The Labute approximate surface area is 270 Å². The number of unbranched alkanes of at least 4 members (excludes halogenated alkanes) is 1. The van der Waals surface area contributed by atoms with Gasteiger partial charge in [-0.15, -0.1) is 6.58 Å². The molecular formula is C33H44N4O8S. The molecule has 4 amide bonds. The topological polar surface area (TPSA) is 160 Å². The first-order valence-corrected chi connectivity index (χ1v) is 17.7. The minimum absolute atomic E-state index is 0.0933. The van der Waals surface area contributed by atoms with Crippen molar-refractivity contribution in [2.75, 3.05) is 13.2 Å². The smallest absolute Gasteiger partial charge is 0.407 e. The van der Waals surface area contributed by atoms with Gasteiger partial charge in [-0.1, -0.05) is 56.2 Å². The van der Waals surface area contributed by atoms with Gasteiger partial charge in [0.1, 0.15) is 17.6 Å². The van der Waals surface area contributed by atoms with Gasteiger partial charge in [-0.25, -0.2) is 13.2 Å². The highest BCUT2D eigenvalue weighted by molar-refractivity contribution is 7.91. The number of ether oxygens (including phenoxy) is 2. The van der Waals surface area contributed by atoms with Crippen molar-refractivity contribution in [2.45, 2.75) is 100 Å². The highest BCUT2D eigenvalue weighted by atomic mass is 32.2. The van der Waals surface area contributed by atoms with Gasteiger partial charge in [0.15, 0.2) is 0 Å². The number of amides is 4. The number of hydrogen-bond acceptors (Lipinski definition) is 8. The lowest BCUT2D eigenvalue weighted by molar-refractivity contribution is -0.141. The predicted molar refractivity (Wildman–Crippen MR) is 170 cm³/mol. The summed E-state index contributed by atoms with van der Waals surface area (Å²) in [7, 11) is -3.85. The van der Waals surface area contributed by atoms with Gasteiger partial charge in [-0.2, -0.15) is 0 Å². The first kappa shape index (κ1) is 33.6. The van der Waals surface area contributed by atoms with Crippen LogP contribution in [0.2, 0.25) is 0 Å². The summed E-state index contributed by atoms with van der Waals surface area (Å²) in [6, 6.07) is 5.91. The van der Waals surface area contributed by atoms with Crippen molar-refractivity contribution in [2.24, 2.45) is 5.92 Å². The Balaban J connectivity index is 1.39. The summed E-state index contributed by atoms with van der Waals surface area (Å²) >= 11 is 0. The maximum atomic E-state index is 14.0. The van der Waals surface area contributed by atoms with Crippen LogP contribution in [0.4, 0.5) is 4.79 Å². The third-order valence-corrected chi connectivity index (χ3v) is 10.8. The fraction of sp³-hybridized carbons (Fsp3) is 0.576. The molecule has 2 heterocycles. The second-order valence-electron chi connectivity index (χ2n) is 12.6. The van der Waals surface area contributed by atoms with Crippen molar-refractivity contribution in [1.82, 2.24) is 20.3 Å². The van der Waals surface area contributed by atoms with Crippen molar-refractivity contribution in [3.05, 3.63) is 54.1 Å². The van der Waals surface area contributed by atoms with Crippen LogP contribution in [-0.4, -0.2) is 79.3 Å². The Morgan fingerprint density at radius 1 is 1.24 bits per heavy atom. The lowest BCUT2D eigenvalue weighted by Gasteiger charge is -2.29. The zero-order valence-corrected chi connectivity index (χ0v) is 27.1. The van der Waals surface area contributed by atoms with Gasteiger partial charge in [-0.05, 0) is 55.7 Å². The number of nitrogens with zero attached hydrogens (tertiary/aromatic N) is 1. The summed E-state index contributed by atoms with van der Waals surface area (Å²) < 4.78 is 38.9. The van der Waals surface area contributed by atoms with E-state index in [0.29, 0.717) is 38.5 Å². The second-order valence-corrected chi connectivity index (χ2v) is 14.6. The standard InChI is InChI=1S/C33H44N4O8S/c1-3-5-13-27-30(39)37-20-25(45-21-23-12-9-11-22(17-23)10-7-6-8-16-44-32(41)34-27)18-28(37)29(38)35-33(19-24(33)4-2)31(40)36-46(42,43)26-14-15-26/h4,7,9-12,17,24-28H,2-3,5-6,8,13-16,18-21H2,1H3,(H,34,41)(H,35,38)(H,36,40)/b10-7+/t24?,25-,27+,28+,33-/m1/s1. The number of allylic oxidation sites excluding steroid dienone is 1. The number of hydrogen-bond donors (Lipinski definition) is 3. The number of rotatable bonds is 9. The highest BCUT2D eigenvalue weighted by Crippen LogP contribution is 2.45. The molecule has 2 saturated carbocycles. The molecule has 1 unspecified atom stereocenters. The molecule has 0 radical (unpaired) electrons. The van der Waals surface area contributed by atoms with Crippen LogP contribution in [0.3, 0.4) is 0 Å². The maximum Gasteiger partial charge on any atom is 0.407 e. The number of nitrogens with one attached hydrogen (secondary N) is 3. The Bertz CT molecular complexity index is 1480. The van der Waals surface area contributed by atoms with Gasteiger partial charge in [0.2, 0.25) is 21.8 Å². The van der Waals surface area contributed by atoms with Crippen molar-refractivity contribution in [3.8, 4) is 0 Å². The molecule has 0 aromatic heterocycles. The third kappa shape index (κ3) is 7.98. The quantitative estimate of drug-likeness (QED) is 0.342. The first-order valence-electron chi connectivity index (χ1n) is 16.2. The fourth-order valence-corrected chi connectivity index (χ4v) is 7.43. The minimum atomic E-state index is -3.85. The van der Waals surface area contributed by atoms with E-state index in [4.69, 9.17) is 9.47 Å². The molecule has 5 atom stereocenters. The van der Waals surface area contributed by atoms with E-state index in [2.05, 4.69) is 21.9 Å². The number of cyclic esters (lactones) is 1. The minimum Gasteiger partial charge on any atom is -0.450 e. The molecule has 1 aromatic carbocycles. The van der Waals surface area contributed by atoms with Crippen LogP contribution in [-0.2, 0) is 40.5 Å². The van der Waals surface area contributed by atoms with Crippen LogP contribution in [0.15, 0.2) is 43.0 Å². The molecule has 5 rings (SSSR count). The van der Waals surface area contributed by atoms with E-state index in [1.54, 1.807) is 0 Å². The molecule has 1 aromatic rings. The molecule has 12 nitrogen and oxygen atoms in total. The third-order valence-electron chi connectivity index (χ3n) is 9.03.